The summed E-state index contributed by atoms with van der Waals surface area (Å²) in [4.78, 5) is 4.54. The Morgan fingerprint density at radius 1 is 1.26 bits per heavy atom. The summed E-state index contributed by atoms with van der Waals surface area (Å²) in [5.74, 6) is 1.54. The number of rotatable bonds is 10. The normalized spacial score (nSPS) is 16.9. The summed E-state index contributed by atoms with van der Waals surface area (Å²) in [6.45, 7) is 9.56. The van der Waals surface area contributed by atoms with Crippen molar-refractivity contribution in [1.29, 1.82) is 5.26 Å². The molecule has 1 aliphatic rings. The van der Waals surface area contributed by atoms with E-state index in [0.29, 0.717) is 18.0 Å². The van der Waals surface area contributed by atoms with Crippen molar-refractivity contribution in [2.24, 2.45) is 5.92 Å². The average Bonchev–Trinajstić information content (AvgIpc) is 2.71. The number of methoxy groups -OCH3 is 1. The van der Waals surface area contributed by atoms with Gasteiger partial charge in [-0.05, 0) is 56.7 Å². The van der Waals surface area contributed by atoms with Crippen LogP contribution in [0.15, 0.2) is 18.2 Å². The van der Waals surface area contributed by atoms with Gasteiger partial charge in [-0.1, -0.05) is 19.9 Å². The fourth-order valence-electron chi connectivity index (χ4n) is 3.43. The van der Waals surface area contributed by atoms with Crippen molar-refractivity contribution in [3.8, 4) is 17.6 Å². The van der Waals surface area contributed by atoms with Crippen molar-refractivity contribution in [2.75, 3.05) is 46.4 Å². The molecule has 27 heavy (non-hydrogen) atoms. The van der Waals surface area contributed by atoms with Gasteiger partial charge in [-0.3, -0.25) is 4.90 Å². The Labute approximate surface area is 163 Å². The maximum atomic E-state index is 10.2. The molecule has 2 rings (SSSR count). The number of nitrogens with zero attached hydrogens (tertiary/aromatic N) is 3. The van der Waals surface area contributed by atoms with Gasteiger partial charge in [0.15, 0.2) is 11.5 Å². The maximum Gasteiger partial charge on any atom is 0.161 e. The van der Waals surface area contributed by atoms with Crippen LogP contribution in [0, 0.1) is 17.2 Å². The second-order valence-corrected chi connectivity index (χ2v) is 7.12. The molecule has 6 nitrogen and oxygen atoms in total. The Morgan fingerprint density at radius 2 is 1.96 bits per heavy atom. The zero-order chi connectivity index (χ0) is 19.6. The highest BCUT2D eigenvalue weighted by Gasteiger charge is 2.19. The number of hydrogen-bond donors (Lipinski definition) is 1. The molecule has 6 heteroatoms. The smallest absolute Gasteiger partial charge is 0.161 e. The van der Waals surface area contributed by atoms with E-state index in [4.69, 9.17) is 14.7 Å². The molecule has 1 atom stereocenters. The molecule has 150 valence electrons. The zero-order valence-electron chi connectivity index (χ0n) is 16.9. The van der Waals surface area contributed by atoms with Gasteiger partial charge in [0.05, 0.1) is 13.2 Å². The Morgan fingerprint density at radius 3 is 2.56 bits per heavy atom. The molecule has 1 aliphatic heterocycles. The van der Waals surface area contributed by atoms with Gasteiger partial charge < -0.3 is 19.5 Å². The van der Waals surface area contributed by atoms with Gasteiger partial charge in [0, 0.05) is 19.0 Å². The number of likely N-dealkylation sites (tertiary alicyclic amines) is 1. The van der Waals surface area contributed by atoms with Crippen LogP contribution >= 0.6 is 0 Å². The monoisotopic (exact) mass is 375 g/mol. The van der Waals surface area contributed by atoms with Crippen LogP contribution in [-0.4, -0.2) is 67.5 Å². The van der Waals surface area contributed by atoms with Gasteiger partial charge >= 0.3 is 0 Å². The van der Waals surface area contributed by atoms with Crippen molar-refractivity contribution in [3.05, 3.63) is 23.8 Å². The Kier molecular flexibility index (Phi) is 8.86. The molecule has 0 spiro atoms. The number of benzene rings is 1. The second-order valence-electron chi connectivity index (χ2n) is 7.12. The number of aliphatic hydroxyl groups is 1. The van der Waals surface area contributed by atoms with Crippen LogP contribution in [0.1, 0.15) is 32.3 Å². The van der Waals surface area contributed by atoms with Crippen LogP contribution in [0.4, 0.5) is 0 Å². The SMILES string of the molecule is CCN(CC)C[C@H](O)COc1cc(CN2CCC(C#N)CC2)ccc1OC. The molecule has 0 bridgehead atoms. The fourth-order valence-corrected chi connectivity index (χ4v) is 3.43. The number of likely N-dealkylation sites (N-methyl/N-ethyl adjacent to an activating group) is 1. The summed E-state index contributed by atoms with van der Waals surface area (Å²) < 4.78 is 11.3. The Hall–Kier alpha value is -1.81. The third-order valence-corrected chi connectivity index (χ3v) is 5.20. The van der Waals surface area contributed by atoms with Gasteiger partial charge in [0.1, 0.15) is 12.7 Å². The van der Waals surface area contributed by atoms with Crippen LogP contribution in [0.25, 0.3) is 0 Å². The molecule has 0 aliphatic carbocycles. The van der Waals surface area contributed by atoms with Crippen molar-refractivity contribution < 1.29 is 14.6 Å². The molecule has 1 heterocycles. The third-order valence-electron chi connectivity index (χ3n) is 5.20. The molecular weight excluding hydrogens is 342 g/mol. The molecule has 1 aromatic rings. The van der Waals surface area contributed by atoms with Crippen LogP contribution < -0.4 is 9.47 Å². The van der Waals surface area contributed by atoms with E-state index in [-0.39, 0.29) is 12.5 Å². The molecule has 0 radical (unpaired) electrons. The van der Waals surface area contributed by atoms with E-state index < -0.39 is 6.10 Å². The number of aliphatic hydroxyl groups excluding tert-OH is 1. The summed E-state index contributed by atoms with van der Waals surface area (Å²) in [7, 11) is 1.63. The molecule has 0 aromatic heterocycles. The first-order valence-electron chi connectivity index (χ1n) is 9.91. The minimum absolute atomic E-state index is 0.198. The Balaban J connectivity index is 1.93. The predicted octanol–water partition coefficient (Wildman–Crippen LogP) is 2.51. The number of ether oxygens (including phenoxy) is 2. The zero-order valence-corrected chi connectivity index (χ0v) is 16.9. The second kappa shape index (κ2) is 11.1. The summed E-state index contributed by atoms with van der Waals surface area (Å²) in [5, 5.41) is 19.3. The van der Waals surface area contributed by atoms with E-state index in [1.165, 1.54) is 0 Å². The largest absolute Gasteiger partial charge is 0.493 e. The highest BCUT2D eigenvalue weighted by atomic mass is 16.5. The first-order valence-corrected chi connectivity index (χ1v) is 9.91. The van der Waals surface area contributed by atoms with Crippen LogP contribution in [0.5, 0.6) is 11.5 Å². The topological polar surface area (TPSA) is 69.0 Å². The van der Waals surface area contributed by atoms with Crippen LogP contribution in [0.3, 0.4) is 0 Å². The molecular formula is C21H33N3O3. The third kappa shape index (κ3) is 6.69. The average molecular weight is 376 g/mol. The summed E-state index contributed by atoms with van der Waals surface area (Å²) >= 11 is 0. The summed E-state index contributed by atoms with van der Waals surface area (Å²) in [6.07, 6.45) is 1.34. The molecule has 0 saturated carbocycles. The maximum absolute atomic E-state index is 10.2. The summed E-state index contributed by atoms with van der Waals surface area (Å²) in [5.41, 5.74) is 1.15. The van der Waals surface area contributed by atoms with Gasteiger partial charge in [-0.25, -0.2) is 0 Å². The molecule has 0 amide bonds. The minimum atomic E-state index is -0.539. The number of piperidine rings is 1. The lowest BCUT2D eigenvalue weighted by molar-refractivity contribution is 0.0705. The van der Waals surface area contributed by atoms with Crippen LogP contribution in [0.2, 0.25) is 0 Å². The van der Waals surface area contributed by atoms with E-state index in [1.54, 1.807) is 7.11 Å². The first kappa shape index (κ1) is 21.5. The standard InChI is InChI=1S/C21H33N3O3/c1-4-23(5-2)15-19(25)16-27-21-12-18(6-7-20(21)26-3)14-24-10-8-17(13-22)9-11-24/h6-7,12,17,19,25H,4-5,8-11,14-16H2,1-3H3/t19-/m0/s1. The van der Waals surface area contributed by atoms with Crippen LogP contribution in [-0.2, 0) is 6.54 Å². The number of hydrogen-bond acceptors (Lipinski definition) is 6. The lowest BCUT2D eigenvalue weighted by Crippen LogP contribution is -2.35. The van der Waals surface area contributed by atoms with Crippen molar-refractivity contribution in [1.82, 2.24) is 9.80 Å². The van der Waals surface area contributed by atoms with Gasteiger partial charge in [0.2, 0.25) is 0 Å². The van der Waals surface area contributed by atoms with E-state index >= 15 is 0 Å². The highest BCUT2D eigenvalue weighted by molar-refractivity contribution is 5.43. The minimum Gasteiger partial charge on any atom is -0.493 e. The summed E-state index contributed by atoms with van der Waals surface area (Å²) in [6, 6.07) is 8.34. The van der Waals surface area contributed by atoms with E-state index in [0.717, 1.165) is 51.1 Å². The number of nitriles is 1. The molecule has 1 saturated heterocycles. The molecule has 0 unspecified atom stereocenters. The Bertz CT molecular complexity index is 605. The van der Waals surface area contributed by atoms with Crippen molar-refractivity contribution in [3.63, 3.8) is 0 Å². The predicted molar refractivity (Wildman–Crippen MR) is 106 cm³/mol. The van der Waals surface area contributed by atoms with Gasteiger partial charge in [0.25, 0.3) is 0 Å². The van der Waals surface area contributed by atoms with E-state index in [1.807, 2.05) is 12.1 Å². The first-order chi connectivity index (χ1) is 13.1. The lowest BCUT2D eigenvalue weighted by atomic mass is 9.98. The van der Waals surface area contributed by atoms with Crippen molar-refractivity contribution in [2.45, 2.75) is 39.3 Å². The van der Waals surface area contributed by atoms with E-state index in [9.17, 15) is 5.11 Å². The van der Waals surface area contributed by atoms with Gasteiger partial charge in [-0.2, -0.15) is 5.26 Å². The van der Waals surface area contributed by atoms with Gasteiger partial charge in [-0.15, -0.1) is 0 Å². The fraction of sp³-hybridized carbons (Fsp3) is 0.667. The quantitative estimate of drug-likeness (QED) is 0.678. The molecule has 1 N–H and O–H groups in total. The van der Waals surface area contributed by atoms with Crippen molar-refractivity contribution >= 4 is 0 Å². The molecule has 1 aromatic carbocycles. The molecule has 1 fully saturated rings. The highest BCUT2D eigenvalue weighted by Crippen LogP contribution is 2.29. The van der Waals surface area contributed by atoms with E-state index in [2.05, 4.69) is 35.8 Å². The lowest BCUT2D eigenvalue weighted by Gasteiger charge is -2.29.